The predicted octanol–water partition coefficient (Wildman–Crippen LogP) is 9.67. The molecule has 20 nitrogen and oxygen atoms in total. The van der Waals surface area contributed by atoms with Crippen molar-refractivity contribution in [3.05, 3.63) is 229 Å². The minimum absolute atomic E-state index is 0. The normalized spacial score (nSPS) is 15.1. The number of hydrogen-bond acceptors (Lipinski definition) is 19. The van der Waals surface area contributed by atoms with Gasteiger partial charge in [0.15, 0.2) is 0 Å². The lowest BCUT2D eigenvalue weighted by atomic mass is 9.80. The largest absolute Gasteiger partial charge is 0.488 e. The molecule has 9 aromatic rings. The van der Waals surface area contributed by atoms with Gasteiger partial charge in [-0.3, -0.25) is 19.8 Å². The molecule has 0 saturated carbocycles. The van der Waals surface area contributed by atoms with E-state index in [0.717, 1.165) is 186 Å². The van der Waals surface area contributed by atoms with Crippen molar-refractivity contribution >= 4 is 79.8 Å². The van der Waals surface area contributed by atoms with Gasteiger partial charge in [-0.15, -0.1) is 0 Å². The number of aliphatic imine (C=N–C) groups is 3. The lowest BCUT2D eigenvalue weighted by Crippen LogP contribution is -2.36. The molecule has 3 fully saturated rings. The topological polar surface area (TPSA) is 253 Å². The molecule has 9 heterocycles. The maximum Gasteiger partial charge on any atom is 0.488 e. The highest BCUT2D eigenvalue weighted by molar-refractivity contribution is 9.10. The van der Waals surface area contributed by atoms with E-state index < -0.39 is 7.12 Å². The first kappa shape index (κ1) is 69.2. The summed E-state index contributed by atoms with van der Waals surface area (Å²) in [6.07, 6.45) is 7.44. The third-order valence-corrected chi connectivity index (χ3v) is 17.8. The highest BCUT2D eigenvalue weighted by Crippen LogP contribution is 2.39. The number of aliphatic hydroxyl groups excluding tert-OH is 3. The molecule has 0 unspecified atom stereocenters. The first-order valence-electron chi connectivity index (χ1n) is 32.0. The summed E-state index contributed by atoms with van der Waals surface area (Å²) in [6.45, 7) is 9.92. The van der Waals surface area contributed by atoms with Crippen LogP contribution in [0.25, 0.3) is 22.3 Å². The monoisotopic (exact) mass is 1370 g/mol. The molecule has 0 aliphatic carbocycles. The van der Waals surface area contributed by atoms with Gasteiger partial charge in [0.05, 0.1) is 125 Å². The number of pyridine rings is 3. The van der Waals surface area contributed by atoms with Gasteiger partial charge in [0.25, 0.3) is 5.56 Å². The van der Waals surface area contributed by atoms with Crippen LogP contribution in [0, 0.1) is 0 Å². The number of aromatic amines is 1. The predicted molar refractivity (Wildman–Crippen MR) is 386 cm³/mol. The number of nitrogens with zero attached hydrogens (tertiary/aromatic N) is 8. The van der Waals surface area contributed by atoms with Crippen LogP contribution in [0.15, 0.2) is 188 Å². The zero-order chi connectivity index (χ0) is 66.5. The van der Waals surface area contributed by atoms with E-state index in [1.807, 2.05) is 60.7 Å². The quantitative estimate of drug-likeness (QED) is 0.0554. The van der Waals surface area contributed by atoms with Gasteiger partial charge in [0, 0.05) is 104 Å². The number of hydrogen-bond donors (Lipinski definition) is 6. The molecule has 500 valence electrons. The van der Waals surface area contributed by atoms with Crippen molar-refractivity contribution in [2.45, 2.75) is 46.5 Å². The summed E-state index contributed by atoms with van der Waals surface area (Å²) in [5.74, 6) is 1.18. The lowest BCUT2D eigenvalue weighted by molar-refractivity contribution is 0.122. The van der Waals surface area contributed by atoms with Crippen molar-refractivity contribution in [1.82, 2.24) is 15.0 Å². The van der Waals surface area contributed by atoms with Gasteiger partial charge in [0.2, 0.25) is 11.8 Å². The summed E-state index contributed by atoms with van der Waals surface area (Å²) < 4.78 is 28.2. The molecular weight excluding hydrogens is 1290 g/mol. The van der Waals surface area contributed by atoms with Crippen molar-refractivity contribution in [1.29, 1.82) is 0 Å². The van der Waals surface area contributed by atoms with Crippen LogP contribution in [0.4, 0.5) is 34.1 Å². The summed E-state index contributed by atoms with van der Waals surface area (Å²) in [7, 11) is 1.82. The van der Waals surface area contributed by atoms with Crippen LogP contribution in [0.5, 0.6) is 11.8 Å². The zero-order valence-electron chi connectivity index (χ0n) is 53.5. The van der Waals surface area contributed by atoms with Crippen LogP contribution in [-0.4, -0.2) is 158 Å². The fourth-order valence-corrected chi connectivity index (χ4v) is 12.6. The van der Waals surface area contributed by atoms with E-state index in [2.05, 4.69) is 106 Å². The van der Waals surface area contributed by atoms with Gasteiger partial charge in [-0.1, -0.05) is 86.3 Å². The highest BCUT2D eigenvalue weighted by Gasteiger charge is 2.26. The molecule has 3 aromatic heterocycles. The summed E-state index contributed by atoms with van der Waals surface area (Å²) in [5.41, 5.74) is 21.7. The van der Waals surface area contributed by atoms with Crippen LogP contribution >= 0.6 is 15.9 Å². The van der Waals surface area contributed by atoms with Crippen molar-refractivity contribution in [3.63, 3.8) is 0 Å². The molecule has 6 aliphatic rings. The Bertz CT molecular complexity index is 4400. The average Bonchev–Trinajstić information content (AvgIpc) is 1.67. The number of halogens is 1. The Balaban J connectivity index is 0.000000137. The van der Waals surface area contributed by atoms with Gasteiger partial charge in [0.1, 0.15) is 0 Å². The van der Waals surface area contributed by atoms with E-state index in [0.29, 0.717) is 34.8 Å². The molecule has 3 saturated heterocycles. The van der Waals surface area contributed by atoms with Crippen LogP contribution in [-0.2, 0) is 53.3 Å². The second-order valence-electron chi connectivity index (χ2n) is 23.6. The minimum atomic E-state index is -1.46. The van der Waals surface area contributed by atoms with E-state index in [9.17, 15) is 15.0 Å². The molecule has 0 atom stereocenters. The average molecular weight is 1370 g/mol. The van der Waals surface area contributed by atoms with Crippen molar-refractivity contribution < 1.29 is 49.1 Å². The third kappa shape index (κ3) is 16.8. The fraction of sp³-hybridized carbons (Fsp3) is 0.280. The maximum atomic E-state index is 12.6. The Morgan fingerprint density at radius 2 is 0.887 bits per heavy atom. The van der Waals surface area contributed by atoms with Crippen LogP contribution < -0.4 is 35.2 Å². The van der Waals surface area contributed by atoms with Crippen molar-refractivity contribution in [2.75, 3.05) is 108 Å². The summed E-state index contributed by atoms with van der Waals surface area (Å²) in [4.78, 5) is 45.9. The van der Waals surface area contributed by atoms with E-state index in [1.165, 1.54) is 22.5 Å². The van der Waals surface area contributed by atoms with Gasteiger partial charge in [-0.05, 0) is 138 Å². The molecule has 15 rings (SSSR count). The molecule has 97 heavy (non-hydrogen) atoms. The second kappa shape index (κ2) is 32.7. The van der Waals surface area contributed by atoms with Crippen molar-refractivity contribution in [2.24, 2.45) is 15.0 Å². The molecular formula is C75H79BBrN9O11. The number of nitrogens with one attached hydrogen (secondary N) is 1. The standard InChI is InChI=1S/C25H25N3O3.C24H23N3O3.C18H18BrN3O2.C7H9BO3.CH4/c1-30-25-22(12-20(15-26-25)18-4-2-3-17(11-18)16-29)24-13-19-5-6-21(14-23(19)27-24)28-7-9-31-10-8-28;28-15-16-2-1-3-17(10-16)19-11-21(24(29)25-14-19)23-12-18-4-5-20(13-22(18)26-23)27-6-8-30-9-7-27;1-23-18-15(9-13(19)11-20-18)17-8-12-2-3-14(10-16(12)21-17)22-4-6-24-7-5-22;9-5-6-2-1-3-7(4-6)8(10)11;/h2-6,11-12,14-15,29H,7-10,13,16H2,1H3;1-5,10-11,13-14,28H,6-9,12,15H2,(H,25,29);2-3,9-11H,4-8H2,1H3;1-4,9-11H,5H2;1H4. The number of H-pyrrole nitrogens is 1. The highest BCUT2D eigenvalue weighted by atomic mass is 79.9. The number of aromatic nitrogens is 3. The van der Waals surface area contributed by atoms with E-state index in [1.54, 1.807) is 57.1 Å². The number of methoxy groups -OCH3 is 2. The molecule has 6 aromatic carbocycles. The third-order valence-electron chi connectivity index (χ3n) is 17.4. The molecule has 0 amide bonds. The first-order valence-corrected chi connectivity index (χ1v) is 32.8. The van der Waals surface area contributed by atoms with Gasteiger partial charge >= 0.3 is 7.12 Å². The lowest BCUT2D eigenvalue weighted by Gasteiger charge is -2.29. The smallest absolute Gasteiger partial charge is 0.481 e. The molecule has 6 N–H and O–H groups in total. The number of benzene rings is 6. The molecule has 22 heteroatoms. The van der Waals surface area contributed by atoms with Crippen LogP contribution in [0.1, 0.15) is 57.5 Å². The molecule has 0 spiro atoms. The Kier molecular flexibility index (Phi) is 23.3. The number of morpholine rings is 3. The number of rotatable bonds is 14. The summed E-state index contributed by atoms with van der Waals surface area (Å²) in [6, 6.07) is 47.4. The summed E-state index contributed by atoms with van der Waals surface area (Å²) >= 11 is 3.48. The second-order valence-corrected chi connectivity index (χ2v) is 24.5. The molecule has 6 aliphatic heterocycles. The number of fused-ring (bicyclic) bond motifs is 3. The molecule has 0 radical (unpaired) electrons. The fourth-order valence-electron chi connectivity index (χ4n) is 12.2. The van der Waals surface area contributed by atoms with E-state index >= 15 is 0 Å². The van der Waals surface area contributed by atoms with E-state index in [-0.39, 0.29) is 32.8 Å². The molecule has 0 bridgehead atoms. The van der Waals surface area contributed by atoms with Crippen molar-refractivity contribution in [3.8, 4) is 34.0 Å². The van der Waals surface area contributed by atoms with Gasteiger partial charge in [-0.2, -0.15) is 0 Å². The van der Waals surface area contributed by atoms with Crippen LogP contribution in [0.2, 0.25) is 0 Å². The SMILES string of the molecule is C.COc1ncc(-c2cccc(CO)c2)cc1C1=Nc2cc(N3CCOCC3)ccc2C1.COc1ncc(Br)cc1C1=Nc2cc(N3CCOCC3)ccc2C1.O=c1[nH]cc(-c2cccc(CO)c2)cc1C1=Nc2cc(N3CCOCC3)ccc2C1.OCc1cccc(B(O)O)c1. The Hall–Kier alpha value is -9.20. The van der Waals surface area contributed by atoms with Crippen LogP contribution in [0.3, 0.4) is 0 Å². The van der Waals surface area contributed by atoms with Gasteiger partial charge < -0.3 is 68.7 Å². The maximum absolute atomic E-state index is 12.6. The Morgan fingerprint density at radius 3 is 1.33 bits per heavy atom. The Labute approximate surface area is 573 Å². The van der Waals surface area contributed by atoms with Gasteiger partial charge in [-0.25, -0.2) is 9.97 Å². The Morgan fingerprint density at radius 1 is 0.485 bits per heavy atom. The zero-order valence-corrected chi connectivity index (χ0v) is 55.1. The number of ether oxygens (including phenoxy) is 5. The van der Waals surface area contributed by atoms with E-state index in [4.69, 9.17) is 53.8 Å². The number of anilines is 3. The minimum Gasteiger partial charge on any atom is -0.481 e. The first-order chi connectivity index (χ1) is 46.9. The number of aliphatic hydroxyl groups is 3. The summed E-state index contributed by atoms with van der Waals surface area (Å²) in [5, 5.41) is 45.0.